The Balaban J connectivity index is 2.61. The first kappa shape index (κ1) is 18.4. The zero-order valence-electron chi connectivity index (χ0n) is 13.9. The molecule has 1 heterocycles. The summed E-state index contributed by atoms with van der Waals surface area (Å²) in [5.41, 5.74) is 2.68. The third-order valence-corrected chi connectivity index (χ3v) is 5.12. The van der Waals surface area contributed by atoms with E-state index in [0.29, 0.717) is 16.2 Å². The van der Waals surface area contributed by atoms with E-state index in [2.05, 4.69) is 11.4 Å². The summed E-state index contributed by atoms with van der Waals surface area (Å²) in [5.74, 6) is 0.257. The topological polar surface area (TPSA) is 52.9 Å². The van der Waals surface area contributed by atoms with Crippen LogP contribution in [0.1, 0.15) is 32.3 Å². The Morgan fingerprint density at radius 2 is 2.17 bits per heavy atom. The molecule has 1 N–H and O–H groups in total. The lowest BCUT2D eigenvalue weighted by Crippen LogP contribution is -2.27. The molecule has 0 fully saturated rings. The van der Waals surface area contributed by atoms with E-state index in [0.717, 1.165) is 22.0 Å². The van der Waals surface area contributed by atoms with Gasteiger partial charge in [0.1, 0.15) is 0 Å². The highest BCUT2D eigenvalue weighted by Gasteiger charge is 2.33. The van der Waals surface area contributed by atoms with Gasteiger partial charge in [-0.15, -0.1) is 11.8 Å². The summed E-state index contributed by atoms with van der Waals surface area (Å²) in [5, 5.41) is 14.3. The monoisotopic (exact) mass is 358 g/mol. The molecule has 0 bridgehead atoms. The van der Waals surface area contributed by atoms with Crippen LogP contribution in [0.2, 0.25) is 5.02 Å². The molecule has 1 aliphatic rings. The number of carbonyl (C=O) groups is 1. The van der Waals surface area contributed by atoms with Crippen molar-refractivity contribution >= 4 is 29.1 Å². The van der Waals surface area contributed by atoms with E-state index in [1.807, 2.05) is 44.2 Å². The molecule has 0 aliphatic carbocycles. The number of carbonyl (C=O) groups excluding carboxylic acids is 1. The van der Waals surface area contributed by atoms with Crippen LogP contribution in [0.3, 0.4) is 0 Å². The van der Waals surface area contributed by atoms with Crippen molar-refractivity contribution in [2.24, 2.45) is 0 Å². The number of Topliss-reactive ketones (excluding diaryl/α,β-unsaturated/α-hetero) is 1. The maximum Gasteiger partial charge on any atom is 0.158 e. The second-order valence-corrected chi connectivity index (χ2v) is 6.85. The summed E-state index contributed by atoms with van der Waals surface area (Å²) in [6.07, 6.45) is 4.00. The molecule has 124 valence electrons. The van der Waals surface area contributed by atoms with Crippen LogP contribution in [0, 0.1) is 11.3 Å². The maximum absolute atomic E-state index is 12.2. The zero-order valence-corrected chi connectivity index (χ0v) is 15.5. The quantitative estimate of drug-likeness (QED) is 0.758. The van der Waals surface area contributed by atoms with Crippen LogP contribution in [0.4, 0.5) is 0 Å². The fraction of sp³-hybridized carbons (Fsp3) is 0.263. The lowest BCUT2D eigenvalue weighted by atomic mass is 9.81. The molecule has 0 saturated heterocycles. The van der Waals surface area contributed by atoms with Gasteiger partial charge in [-0.1, -0.05) is 42.0 Å². The SMILES string of the molecule is CC=CCSC1=C(C#N)C(c2ccccc2Cl)C(C(C)=O)=C(C)N1. The van der Waals surface area contributed by atoms with Crippen LogP contribution in [-0.4, -0.2) is 11.5 Å². The van der Waals surface area contributed by atoms with Gasteiger partial charge in [-0.3, -0.25) is 4.79 Å². The highest BCUT2D eigenvalue weighted by Crippen LogP contribution is 2.42. The molecule has 1 atom stereocenters. The van der Waals surface area contributed by atoms with Crippen molar-refractivity contribution < 1.29 is 4.79 Å². The van der Waals surface area contributed by atoms with Crippen molar-refractivity contribution in [2.45, 2.75) is 26.7 Å². The molecule has 1 aromatic carbocycles. The molecular formula is C19H19ClN2OS. The van der Waals surface area contributed by atoms with E-state index in [9.17, 15) is 10.1 Å². The highest BCUT2D eigenvalue weighted by atomic mass is 35.5. The predicted octanol–water partition coefficient (Wildman–Crippen LogP) is 4.93. The molecule has 2 rings (SSSR count). The van der Waals surface area contributed by atoms with Gasteiger partial charge in [0, 0.05) is 22.0 Å². The maximum atomic E-state index is 12.2. The first-order valence-electron chi connectivity index (χ1n) is 7.62. The van der Waals surface area contributed by atoms with Gasteiger partial charge < -0.3 is 5.32 Å². The number of allylic oxidation sites excluding steroid dienone is 4. The summed E-state index contributed by atoms with van der Waals surface area (Å²) >= 11 is 7.91. The Morgan fingerprint density at radius 3 is 2.75 bits per heavy atom. The zero-order chi connectivity index (χ0) is 17.7. The van der Waals surface area contributed by atoms with Crippen LogP contribution >= 0.6 is 23.4 Å². The summed E-state index contributed by atoms with van der Waals surface area (Å²) in [6.45, 7) is 5.35. The number of hydrogen-bond donors (Lipinski definition) is 1. The van der Waals surface area contributed by atoms with E-state index in [1.165, 1.54) is 6.92 Å². The van der Waals surface area contributed by atoms with Gasteiger partial charge in [0.15, 0.2) is 5.78 Å². The molecule has 0 aromatic heterocycles. The number of thioether (sulfide) groups is 1. The Hall–Kier alpha value is -1.96. The number of benzene rings is 1. The number of nitrogens with one attached hydrogen (secondary N) is 1. The molecule has 24 heavy (non-hydrogen) atoms. The Bertz CT molecular complexity index is 787. The number of rotatable bonds is 5. The molecule has 0 amide bonds. The van der Waals surface area contributed by atoms with Gasteiger partial charge in [-0.05, 0) is 32.4 Å². The van der Waals surface area contributed by atoms with Crippen molar-refractivity contribution in [1.82, 2.24) is 5.32 Å². The molecule has 1 aromatic rings. The van der Waals surface area contributed by atoms with Crippen molar-refractivity contribution in [2.75, 3.05) is 5.75 Å². The van der Waals surface area contributed by atoms with Gasteiger partial charge in [0.25, 0.3) is 0 Å². The predicted molar refractivity (Wildman–Crippen MR) is 101 cm³/mol. The molecule has 0 radical (unpaired) electrons. The average molecular weight is 359 g/mol. The van der Waals surface area contributed by atoms with Gasteiger partial charge in [0.2, 0.25) is 0 Å². The molecule has 5 heteroatoms. The van der Waals surface area contributed by atoms with Crippen molar-refractivity contribution in [1.29, 1.82) is 5.26 Å². The minimum absolute atomic E-state index is 0.0600. The smallest absolute Gasteiger partial charge is 0.158 e. The molecule has 1 aliphatic heterocycles. The Kier molecular flexibility index (Phi) is 6.30. The summed E-state index contributed by atoms with van der Waals surface area (Å²) in [4.78, 5) is 12.2. The molecular weight excluding hydrogens is 340 g/mol. The summed E-state index contributed by atoms with van der Waals surface area (Å²) in [7, 11) is 0. The fourth-order valence-electron chi connectivity index (χ4n) is 2.74. The lowest BCUT2D eigenvalue weighted by molar-refractivity contribution is -0.113. The Morgan fingerprint density at radius 1 is 1.46 bits per heavy atom. The lowest BCUT2D eigenvalue weighted by Gasteiger charge is -2.29. The van der Waals surface area contributed by atoms with E-state index in [1.54, 1.807) is 17.8 Å². The normalized spacial score (nSPS) is 17.9. The number of nitriles is 1. The van der Waals surface area contributed by atoms with Gasteiger partial charge in [-0.25, -0.2) is 0 Å². The van der Waals surface area contributed by atoms with Crippen molar-refractivity contribution in [3.63, 3.8) is 0 Å². The van der Waals surface area contributed by atoms with E-state index < -0.39 is 5.92 Å². The molecule has 3 nitrogen and oxygen atoms in total. The van der Waals surface area contributed by atoms with E-state index >= 15 is 0 Å². The summed E-state index contributed by atoms with van der Waals surface area (Å²) < 4.78 is 0. The van der Waals surface area contributed by atoms with Crippen molar-refractivity contribution in [3.8, 4) is 6.07 Å². The van der Waals surface area contributed by atoms with Crippen LogP contribution in [0.25, 0.3) is 0 Å². The fourth-order valence-corrected chi connectivity index (χ4v) is 3.99. The largest absolute Gasteiger partial charge is 0.353 e. The van der Waals surface area contributed by atoms with Crippen LogP contribution in [-0.2, 0) is 4.79 Å². The number of nitrogens with zero attached hydrogens (tertiary/aromatic N) is 1. The highest BCUT2D eigenvalue weighted by molar-refractivity contribution is 8.03. The Labute approximate surface area is 152 Å². The standard InChI is InChI=1S/C19H19ClN2OS/c1-4-5-10-24-19-15(11-21)18(14-8-6-7-9-16(14)20)17(13(3)23)12(2)22-19/h4-9,18,22H,10H2,1-3H3. The minimum Gasteiger partial charge on any atom is -0.353 e. The first-order valence-corrected chi connectivity index (χ1v) is 8.99. The minimum atomic E-state index is -0.435. The number of halogens is 1. The molecule has 0 spiro atoms. The van der Waals surface area contributed by atoms with Gasteiger partial charge >= 0.3 is 0 Å². The van der Waals surface area contributed by atoms with Crippen LogP contribution in [0.15, 0.2) is 58.3 Å². The molecule has 0 saturated carbocycles. The number of dihydropyridines is 1. The second-order valence-electron chi connectivity index (χ2n) is 5.41. The molecule has 1 unspecified atom stereocenters. The van der Waals surface area contributed by atoms with E-state index in [-0.39, 0.29) is 5.78 Å². The average Bonchev–Trinajstić information content (AvgIpc) is 2.54. The van der Waals surface area contributed by atoms with E-state index in [4.69, 9.17) is 11.6 Å². The van der Waals surface area contributed by atoms with Crippen LogP contribution < -0.4 is 5.32 Å². The van der Waals surface area contributed by atoms with Gasteiger partial charge in [0.05, 0.1) is 22.6 Å². The number of hydrogen-bond acceptors (Lipinski definition) is 4. The summed E-state index contributed by atoms with van der Waals surface area (Å²) in [6, 6.07) is 9.66. The first-order chi connectivity index (χ1) is 11.5. The van der Waals surface area contributed by atoms with Crippen molar-refractivity contribution in [3.05, 3.63) is 68.9 Å². The third-order valence-electron chi connectivity index (χ3n) is 3.80. The van der Waals surface area contributed by atoms with Crippen LogP contribution in [0.5, 0.6) is 0 Å². The van der Waals surface area contributed by atoms with Gasteiger partial charge in [-0.2, -0.15) is 5.26 Å². The third kappa shape index (κ3) is 3.75. The number of ketones is 1. The second kappa shape index (κ2) is 8.23.